The van der Waals surface area contributed by atoms with Crippen molar-refractivity contribution in [1.82, 2.24) is 30.0 Å². The van der Waals surface area contributed by atoms with E-state index in [4.69, 9.17) is 0 Å². The molecule has 0 aliphatic carbocycles. The van der Waals surface area contributed by atoms with Gasteiger partial charge in [-0.3, -0.25) is 19.8 Å². The van der Waals surface area contributed by atoms with Gasteiger partial charge in [-0.1, -0.05) is 17.9 Å². The minimum atomic E-state index is -4.55. The van der Waals surface area contributed by atoms with E-state index in [0.717, 1.165) is 30.2 Å². The molecule has 2 N–H and O–H groups in total. The van der Waals surface area contributed by atoms with Gasteiger partial charge in [0.25, 0.3) is 5.91 Å². The molecule has 0 radical (unpaired) electrons. The van der Waals surface area contributed by atoms with Crippen molar-refractivity contribution in [2.24, 2.45) is 0 Å². The second kappa shape index (κ2) is 10.8. The van der Waals surface area contributed by atoms with Gasteiger partial charge in [0, 0.05) is 79.2 Å². The lowest BCUT2D eigenvalue weighted by Gasteiger charge is -2.33. The lowest BCUT2D eigenvalue weighted by Crippen LogP contribution is -2.44. The molecule has 0 bridgehead atoms. The Morgan fingerprint density at radius 3 is 2.54 bits per heavy atom. The van der Waals surface area contributed by atoms with Crippen molar-refractivity contribution in [2.45, 2.75) is 19.6 Å². The van der Waals surface area contributed by atoms with Gasteiger partial charge in [-0.2, -0.15) is 18.3 Å². The predicted octanol–water partition coefficient (Wildman–Crippen LogP) is 4.08. The van der Waals surface area contributed by atoms with E-state index in [1.165, 1.54) is 30.6 Å². The highest BCUT2D eigenvalue weighted by molar-refractivity contribution is 6.04. The first-order chi connectivity index (χ1) is 18.7. The molecule has 1 amide bonds. The summed E-state index contributed by atoms with van der Waals surface area (Å²) in [5, 5.41) is 10.4. The number of aryl methyl sites for hydroxylation is 1. The maximum atomic E-state index is 13.9. The first kappa shape index (κ1) is 26.3. The quantitative estimate of drug-likeness (QED) is 0.385. The van der Waals surface area contributed by atoms with Crippen molar-refractivity contribution in [3.63, 3.8) is 0 Å². The van der Waals surface area contributed by atoms with Crippen LogP contribution in [-0.2, 0) is 12.7 Å². The number of carbonyl (C=O) groups excluding carboxylic acids is 1. The van der Waals surface area contributed by atoms with Crippen molar-refractivity contribution < 1.29 is 18.0 Å². The number of H-pyrrole nitrogens is 1. The average molecular weight is 534 g/mol. The van der Waals surface area contributed by atoms with E-state index in [0.29, 0.717) is 29.9 Å². The number of piperazine rings is 1. The molecule has 0 unspecified atom stereocenters. The number of aromatic amines is 1. The van der Waals surface area contributed by atoms with E-state index in [1.807, 2.05) is 24.9 Å². The van der Waals surface area contributed by atoms with Crippen molar-refractivity contribution >= 4 is 22.6 Å². The Hall–Kier alpha value is -4.27. The normalized spacial score (nSPS) is 14.7. The zero-order valence-electron chi connectivity index (χ0n) is 21.4. The van der Waals surface area contributed by atoms with E-state index < -0.39 is 17.6 Å². The number of pyridine rings is 2. The molecule has 0 atom stereocenters. The molecule has 0 saturated carbocycles. The summed E-state index contributed by atoms with van der Waals surface area (Å²) in [6.07, 6.45) is -0.0963. The Kier molecular flexibility index (Phi) is 7.32. The van der Waals surface area contributed by atoms with Gasteiger partial charge in [-0.05, 0) is 43.8 Å². The van der Waals surface area contributed by atoms with Crippen LogP contribution >= 0.6 is 0 Å². The van der Waals surface area contributed by atoms with Crippen LogP contribution in [0.5, 0.6) is 0 Å². The van der Waals surface area contributed by atoms with Gasteiger partial charge in [0.15, 0.2) is 5.65 Å². The molecule has 1 saturated heterocycles. The molecular weight excluding hydrogens is 507 g/mol. The highest BCUT2D eigenvalue weighted by Crippen LogP contribution is 2.34. The number of anilines is 1. The fraction of sp³-hybridized carbons (Fsp3) is 0.286. The topological polar surface area (TPSA) is 90.0 Å². The number of carbonyl (C=O) groups is 1. The summed E-state index contributed by atoms with van der Waals surface area (Å²) in [5.74, 6) is 5.37. The molecule has 4 heterocycles. The maximum Gasteiger partial charge on any atom is 0.416 e. The molecule has 200 valence electrons. The first-order valence-electron chi connectivity index (χ1n) is 12.4. The SMILES string of the molecule is Cc1[nH]nc2ncc(C#Cc3cncc(C(=O)Nc4ccc(CN5CCN(C)CC5)c(C(F)(F)F)c4)c3)cc12. The van der Waals surface area contributed by atoms with Crippen LogP contribution in [0.3, 0.4) is 0 Å². The molecule has 1 aromatic carbocycles. The predicted molar refractivity (Wildman–Crippen MR) is 141 cm³/mol. The van der Waals surface area contributed by atoms with Gasteiger partial charge in [-0.25, -0.2) is 4.98 Å². The zero-order valence-corrected chi connectivity index (χ0v) is 21.4. The van der Waals surface area contributed by atoms with E-state index in [9.17, 15) is 18.0 Å². The van der Waals surface area contributed by atoms with Crippen LogP contribution in [0.25, 0.3) is 11.0 Å². The van der Waals surface area contributed by atoms with Crippen molar-refractivity contribution in [3.05, 3.63) is 82.4 Å². The number of benzene rings is 1. The second-order valence-corrected chi connectivity index (χ2v) is 9.56. The number of alkyl halides is 3. The molecule has 11 heteroatoms. The summed E-state index contributed by atoms with van der Waals surface area (Å²) in [7, 11) is 1.99. The Bertz CT molecular complexity index is 1580. The van der Waals surface area contributed by atoms with E-state index in [2.05, 4.69) is 42.2 Å². The molecule has 39 heavy (non-hydrogen) atoms. The molecule has 8 nitrogen and oxygen atoms in total. The molecular formula is C28H26F3N7O. The second-order valence-electron chi connectivity index (χ2n) is 9.56. The lowest BCUT2D eigenvalue weighted by atomic mass is 10.0. The van der Waals surface area contributed by atoms with Gasteiger partial charge < -0.3 is 10.2 Å². The summed E-state index contributed by atoms with van der Waals surface area (Å²) in [4.78, 5) is 25.4. The summed E-state index contributed by atoms with van der Waals surface area (Å²) >= 11 is 0. The average Bonchev–Trinajstić information content (AvgIpc) is 3.29. The van der Waals surface area contributed by atoms with Gasteiger partial charge in [-0.15, -0.1) is 0 Å². The van der Waals surface area contributed by atoms with Gasteiger partial charge in [0.2, 0.25) is 0 Å². The van der Waals surface area contributed by atoms with E-state index in [1.54, 1.807) is 6.20 Å². The summed E-state index contributed by atoms with van der Waals surface area (Å²) < 4.78 is 41.7. The van der Waals surface area contributed by atoms with Crippen molar-refractivity contribution in [1.29, 1.82) is 0 Å². The highest BCUT2D eigenvalue weighted by Gasteiger charge is 2.34. The van der Waals surface area contributed by atoms with Crippen LogP contribution in [-0.4, -0.2) is 69.1 Å². The van der Waals surface area contributed by atoms with Crippen molar-refractivity contribution in [3.8, 4) is 11.8 Å². The monoisotopic (exact) mass is 533 g/mol. The Labute approximate surface area is 223 Å². The maximum absolute atomic E-state index is 13.9. The third-order valence-corrected chi connectivity index (χ3v) is 6.61. The molecule has 3 aromatic heterocycles. The van der Waals surface area contributed by atoms with Crippen molar-refractivity contribution in [2.75, 3.05) is 38.5 Å². The lowest BCUT2D eigenvalue weighted by molar-refractivity contribution is -0.138. The van der Waals surface area contributed by atoms with E-state index in [-0.39, 0.29) is 23.4 Å². The number of likely N-dealkylation sites (N-methyl/N-ethyl adjacent to an activating group) is 1. The number of nitrogens with zero attached hydrogens (tertiary/aromatic N) is 5. The fourth-order valence-corrected chi connectivity index (χ4v) is 4.37. The molecule has 1 aliphatic rings. The number of nitrogens with one attached hydrogen (secondary N) is 2. The zero-order chi connectivity index (χ0) is 27.6. The van der Waals surface area contributed by atoms with Gasteiger partial charge >= 0.3 is 6.18 Å². The van der Waals surface area contributed by atoms with Crippen LogP contribution < -0.4 is 5.32 Å². The van der Waals surface area contributed by atoms with Crippen LogP contribution in [0.2, 0.25) is 0 Å². The van der Waals surface area contributed by atoms with Crippen LogP contribution in [0.4, 0.5) is 18.9 Å². The van der Waals surface area contributed by atoms with Crippen LogP contribution in [0.15, 0.2) is 48.9 Å². The molecule has 0 spiro atoms. The smallest absolute Gasteiger partial charge is 0.322 e. The standard InChI is InChI=1S/C28H26F3N7O/c1-18-24-12-20(15-33-26(24)36-35-18)4-3-19-11-22(16-32-14-19)27(39)34-23-6-5-21(25(13-23)28(29,30)31)17-38-9-7-37(2)8-10-38/h5-6,11-16H,7-10,17H2,1-2H3,(H,34,39)(H,33,35,36). The summed E-state index contributed by atoms with van der Waals surface area (Å²) in [6, 6.07) is 7.32. The Morgan fingerprint density at radius 1 is 1.05 bits per heavy atom. The Morgan fingerprint density at radius 2 is 1.79 bits per heavy atom. The molecule has 1 fully saturated rings. The minimum Gasteiger partial charge on any atom is -0.322 e. The molecule has 5 rings (SSSR count). The largest absolute Gasteiger partial charge is 0.416 e. The first-order valence-corrected chi connectivity index (χ1v) is 12.4. The summed E-state index contributed by atoms with van der Waals surface area (Å²) in [6.45, 7) is 5.11. The van der Waals surface area contributed by atoms with Crippen LogP contribution in [0, 0.1) is 18.8 Å². The van der Waals surface area contributed by atoms with Gasteiger partial charge in [0.1, 0.15) is 0 Å². The molecule has 1 aliphatic heterocycles. The number of hydrogen-bond donors (Lipinski definition) is 2. The van der Waals surface area contributed by atoms with Crippen LogP contribution in [0.1, 0.15) is 38.3 Å². The number of fused-ring (bicyclic) bond motifs is 1. The summed E-state index contributed by atoms with van der Waals surface area (Å²) in [5.41, 5.74) is 2.28. The third kappa shape index (κ3) is 6.25. The van der Waals surface area contributed by atoms with E-state index >= 15 is 0 Å². The number of amides is 1. The fourth-order valence-electron chi connectivity index (χ4n) is 4.37. The Balaban J connectivity index is 1.31. The number of halogens is 3. The number of aromatic nitrogens is 4. The third-order valence-electron chi connectivity index (χ3n) is 6.61. The highest BCUT2D eigenvalue weighted by atomic mass is 19.4. The molecule has 4 aromatic rings. The minimum absolute atomic E-state index is 0.0563. The number of hydrogen-bond acceptors (Lipinski definition) is 6. The van der Waals surface area contributed by atoms with Gasteiger partial charge in [0.05, 0.1) is 11.1 Å². The number of rotatable bonds is 4.